The highest BCUT2D eigenvalue weighted by molar-refractivity contribution is 14.2. The predicted octanol–water partition coefficient (Wildman–Crippen LogP) is 4.61. The Morgan fingerprint density at radius 2 is 2.14 bits per heavy atom. The van der Waals surface area contributed by atoms with Gasteiger partial charge in [0.25, 0.3) is 0 Å². The largest absolute Gasteiger partial charge is 0.343 e. The van der Waals surface area contributed by atoms with Crippen LogP contribution in [0.1, 0.15) is 0 Å². The summed E-state index contributed by atoms with van der Waals surface area (Å²) in [5.41, 5.74) is 2.03. The zero-order chi connectivity index (χ0) is 15.3. The van der Waals surface area contributed by atoms with Gasteiger partial charge in [-0.2, -0.15) is 0 Å². The van der Waals surface area contributed by atoms with E-state index in [4.69, 9.17) is 11.6 Å². The molecule has 4 heterocycles. The van der Waals surface area contributed by atoms with Crippen LogP contribution in [0.5, 0.6) is 0 Å². The van der Waals surface area contributed by atoms with Crippen LogP contribution in [0.25, 0.3) is 33.5 Å². The molecule has 0 aromatic carbocycles. The van der Waals surface area contributed by atoms with Crippen LogP contribution < -0.4 is 0 Å². The highest BCUT2D eigenvalue weighted by Crippen LogP contribution is 2.33. The van der Waals surface area contributed by atoms with Gasteiger partial charge in [0.1, 0.15) is 5.65 Å². The van der Waals surface area contributed by atoms with Gasteiger partial charge in [-0.05, 0) is 6.07 Å². The van der Waals surface area contributed by atoms with E-state index in [0.717, 1.165) is 16.6 Å². The Balaban J connectivity index is 2.00. The zero-order valence-corrected chi connectivity index (χ0v) is 14.4. The summed E-state index contributed by atoms with van der Waals surface area (Å²) in [4.78, 5) is 15.8. The molecule has 4 aromatic rings. The van der Waals surface area contributed by atoms with E-state index in [1.54, 1.807) is 6.20 Å². The number of hydrogen-bond acceptors (Lipinski definition) is 4. The molecule has 4 aromatic heterocycles. The Bertz CT molecular complexity index is 1010. The molecule has 5 nitrogen and oxygen atoms in total. The molecule has 0 spiro atoms. The minimum Gasteiger partial charge on any atom is -0.343 e. The van der Waals surface area contributed by atoms with Crippen LogP contribution >= 0.6 is 41.9 Å². The van der Waals surface area contributed by atoms with E-state index in [2.05, 4.69) is 41.1 Å². The molecule has 4 rings (SSSR count). The molecule has 0 aliphatic rings. The van der Waals surface area contributed by atoms with Gasteiger partial charge in [-0.25, -0.2) is 19.3 Å². The topological polar surface area (TPSA) is 59.4 Å². The van der Waals surface area contributed by atoms with E-state index in [-0.39, 0.29) is 5.82 Å². The lowest BCUT2D eigenvalue weighted by Gasteiger charge is -1.98. The van der Waals surface area contributed by atoms with E-state index < -0.39 is 0 Å². The van der Waals surface area contributed by atoms with Crippen LogP contribution in [0.2, 0.25) is 5.02 Å². The van der Waals surface area contributed by atoms with Crippen LogP contribution in [-0.2, 0) is 0 Å². The summed E-state index contributed by atoms with van der Waals surface area (Å²) in [5.74, 6) is 0.129. The molecule has 0 bridgehead atoms. The summed E-state index contributed by atoms with van der Waals surface area (Å²) in [7, 11) is 1.49. The lowest BCUT2D eigenvalue weighted by Crippen LogP contribution is -1.88. The Hall–Kier alpha value is -1.39. The maximum absolute atomic E-state index is 13.5. The Morgan fingerprint density at radius 1 is 1.27 bits per heavy atom. The molecule has 0 fully saturated rings. The number of rotatable bonds is 2. The number of aromatic nitrogens is 5. The first-order valence-corrected chi connectivity index (χ1v) is 9.82. The Labute approximate surface area is 145 Å². The standard InChI is InChI=1S/C13H6ClFIN5S/c14-6-1-7-9(5-21(22-16)13(7)19-2-6)12-17-3-8-10(15)4-18-11(8)20-12/h1-5H,(H,17,18,20). The zero-order valence-electron chi connectivity index (χ0n) is 10.7. The minimum atomic E-state index is -0.364. The lowest BCUT2D eigenvalue weighted by molar-refractivity contribution is 0.639. The van der Waals surface area contributed by atoms with E-state index in [9.17, 15) is 4.39 Å². The second-order valence-corrected chi connectivity index (χ2v) is 6.70. The normalized spacial score (nSPS) is 11.6. The van der Waals surface area contributed by atoms with Crippen molar-refractivity contribution in [1.29, 1.82) is 0 Å². The minimum absolute atomic E-state index is 0.364. The van der Waals surface area contributed by atoms with Crippen molar-refractivity contribution >= 4 is 64.0 Å². The Kier molecular flexibility index (Phi) is 3.46. The highest BCUT2D eigenvalue weighted by atomic mass is 127. The quantitative estimate of drug-likeness (QED) is 0.458. The first-order valence-electron chi connectivity index (χ1n) is 6.13. The maximum Gasteiger partial charge on any atom is 0.163 e. The van der Waals surface area contributed by atoms with E-state index >= 15 is 0 Å². The maximum atomic E-state index is 13.5. The molecular formula is C13H6ClFIN5S. The first-order chi connectivity index (χ1) is 10.7. The summed E-state index contributed by atoms with van der Waals surface area (Å²) in [5, 5.41) is 1.76. The number of halogens is 3. The van der Waals surface area contributed by atoms with Gasteiger partial charge in [-0.1, -0.05) is 11.6 Å². The number of fused-ring (bicyclic) bond motifs is 2. The van der Waals surface area contributed by atoms with E-state index in [1.807, 2.05) is 16.2 Å². The van der Waals surface area contributed by atoms with Gasteiger partial charge in [0.2, 0.25) is 0 Å². The summed E-state index contributed by atoms with van der Waals surface area (Å²) in [6.07, 6.45) is 6.24. The van der Waals surface area contributed by atoms with Crippen LogP contribution in [0.4, 0.5) is 4.39 Å². The molecule has 0 amide bonds. The molecular weight excluding hydrogens is 440 g/mol. The van der Waals surface area contributed by atoms with Crippen molar-refractivity contribution in [3.63, 3.8) is 0 Å². The first kappa shape index (κ1) is 14.2. The fourth-order valence-electron chi connectivity index (χ4n) is 2.29. The lowest BCUT2D eigenvalue weighted by atomic mass is 10.2. The molecule has 0 saturated heterocycles. The highest BCUT2D eigenvalue weighted by Gasteiger charge is 2.16. The van der Waals surface area contributed by atoms with Crippen molar-refractivity contribution in [2.24, 2.45) is 0 Å². The fraction of sp³-hybridized carbons (Fsp3) is 0. The van der Waals surface area contributed by atoms with Crippen molar-refractivity contribution < 1.29 is 4.39 Å². The van der Waals surface area contributed by atoms with Crippen molar-refractivity contribution in [2.75, 3.05) is 0 Å². The smallest absolute Gasteiger partial charge is 0.163 e. The molecule has 0 aliphatic carbocycles. The Morgan fingerprint density at radius 3 is 2.95 bits per heavy atom. The third kappa shape index (κ3) is 2.17. The van der Waals surface area contributed by atoms with Crippen molar-refractivity contribution in [2.45, 2.75) is 0 Å². The van der Waals surface area contributed by atoms with Crippen molar-refractivity contribution in [3.8, 4) is 11.4 Å². The van der Waals surface area contributed by atoms with Crippen molar-refractivity contribution in [1.82, 2.24) is 23.9 Å². The fourth-order valence-corrected chi connectivity index (χ4v) is 3.71. The summed E-state index contributed by atoms with van der Waals surface area (Å²) >= 11 is 8.22. The molecule has 0 radical (unpaired) electrons. The number of aromatic amines is 1. The summed E-state index contributed by atoms with van der Waals surface area (Å²) in [6, 6.07) is 1.82. The molecule has 0 unspecified atom stereocenters. The number of nitrogens with one attached hydrogen (secondary N) is 1. The van der Waals surface area contributed by atoms with E-state index in [0.29, 0.717) is 21.9 Å². The van der Waals surface area contributed by atoms with Crippen LogP contribution in [0.15, 0.2) is 30.9 Å². The molecule has 0 atom stereocenters. The molecule has 110 valence electrons. The van der Waals surface area contributed by atoms with E-state index in [1.165, 1.54) is 21.5 Å². The number of pyridine rings is 1. The number of nitrogens with zero attached hydrogens (tertiary/aromatic N) is 4. The van der Waals surface area contributed by atoms with Gasteiger partial charge in [-0.15, -0.1) is 0 Å². The molecule has 0 aliphatic heterocycles. The third-order valence-electron chi connectivity index (χ3n) is 3.28. The molecule has 0 saturated carbocycles. The van der Waals surface area contributed by atoms with Gasteiger partial charge in [0.15, 0.2) is 17.3 Å². The SMILES string of the molecule is Fc1c[nH]c2nc(-c3cn(SI)c4ncc(Cl)cc34)ncc12. The van der Waals surface area contributed by atoms with Crippen LogP contribution in [-0.4, -0.2) is 23.9 Å². The van der Waals surface area contributed by atoms with Gasteiger partial charge in [0, 0.05) is 66.1 Å². The van der Waals surface area contributed by atoms with Gasteiger partial charge >= 0.3 is 0 Å². The van der Waals surface area contributed by atoms with Crippen LogP contribution in [0.3, 0.4) is 0 Å². The second-order valence-electron chi connectivity index (χ2n) is 4.55. The monoisotopic (exact) mass is 445 g/mol. The molecule has 9 heteroatoms. The average Bonchev–Trinajstić information content (AvgIpc) is 3.07. The molecule has 1 N–H and O–H groups in total. The third-order valence-corrected chi connectivity index (χ3v) is 5.18. The summed E-state index contributed by atoms with van der Waals surface area (Å²) in [6.45, 7) is 0. The number of H-pyrrole nitrogens is 1. The van der Waals surface area contributed by atoms with Crippen molar-refractivity contribution in [3.05, 3.63) is 41.7 Å². The summed E-state index contributed by atoms with van der Waals surface area (Å²) < 4.78 is 15.4. The molecule has 22 heavy (non-hydrogen) atoms. The van der Waals surface area contributed by atoms with Crippen LogP contribution in [0, 0.1) is 5.82 Å². The average molecular weight is 446 g/mol. The van der Waals surface area contributed by atoms with Gasteiger partial charge < -0.3 is 4.98 Å². The van der Waals surface area contributed by atoms with Gasteiger partial charge in [-0.3, -0.25) is 3.97 Å². The van der Waals surface area contributed by atoms with Gasteiger partial charge in [0.05, 0.1) is 10.4 Å². The predicted molar refractivity (Wildman–Crippen MR) is 94.6 cm³/mol. The second kappa shape index (κ2) is 5.36. The number of hydrogen-bond donors (Lipinski definition) is 1.